The number of ether oxygens (including phenoxy) is 2. The topological polar surface area (TPSA) is 67.5 Å². The Morgan fingerprint density at radius 1 is 1.29 bits per heavy atom. The van der Waals surface area contributed by atoms with Crippen molar-refractivity contribution in [3.63, 3.8) is 0 Å². The number of aromatic amines is 1. The number of amides is 1. The molecule has 0 saturated carbocycles. The highest BCUT2D eigenvalue weighted by Crippen LogP contribution is 2.26. The molecule has 3 rings (SSSR count). The van der Waals surface area contributed by atoms with Crippen LogP contribution < -0.4 is 0 Å². The molecular weight excluding hydrogens is 306 g/mol. The summed E-state index contributed by atoms with van der Waals surface area (Å²) in [5.74, 6) is -0.0220. The van der Waals surface area contributed by atoms with Crippen molar-refractivity contribution in [3.05, 3.63) is 53.9 Å². The van der Waals surface area contributed by atoms with Gasteiger partial charge in [-0.05, 0) is 24.5 Å². The number of carbonyl (C=O) groups excluding carboxylic acids is 1. The summed E-state index contributed by atoms with van der Waals surface area (Å²) in [4.78, 5) is 14.7. The Morgan fingerprint density at radius 2 is 2.12 bits per heavy atom. The number of H-pyrrole nitrogens is 1. The van der Waals surface area contributed by atoms with Gasteiger partial charge in [0.25, 0.3) is 5.91 Å². The van der Waals surface area contributed by atoms with Crippen LogP contribution in [0.2, 0.25) is 0 Å². The van der Waals surface area contributed by atoms with Crippen LogP contribution in [0.25, 0.3) is 0 Å². The molecule has 2 aromatic rings. The van der Waals surface area contributed by atoms with Crippen LogP contribution >= 0.6 is 0 Å². The fourth-order valence-corrected chi connectivity index (χ4v) is 3.18. The van der Waals surface area contributed by atoms with E-state index in [9.17, 15) is 4.79 Å². The zero-order chi connectivity index (χ0) is 16.8. The first-order valence-electron chi connectivity index (χ1n) is 8.24. The molecule has 2 heterocycles. The molecule has 1 fully saturated rings. The van der Waals surface area contributed by atoms with Gasteiger partial charge in [-0.2, -0.15) is 5.10 Å². The van der Waals surface area contributed by atoms with Crippen LogP contribution in [0.1, 0.15) is 22.5 Å². The van der Waals surface area contributed by atoms with E-state index < -0.39 is 0 Å². The average molecular weight is 329 g/mol. The molecule has 1 aromatic carbocycles. The monoisotopic (exact) mass is 329 g/mol. The summed E-state index contributed by atoms with van der Waals surface area (Å²) < 4.78 is 11.1. The number of rotatable bonds is 7. The van der Waals surface area contributed by atoms with E-state index in [0.29, 0.717) is 25.5 Å². The second kappa shape index (κ2) is 8.08. The second-order valence-electron chi connectivity index (χ2n) is 5.92. The molecule has 0 spiro atoms. The quantitative estimate of drug-likeness (QED) is 0.788. The summed E-state index contributed by atoms with van der Waals surface area (Å²) in [5.41, 5.74) is 1.72. The van der Waals surface area contributed by atoms with Gasteiger partial charge in [-0.3, -0.25) is 9.89 Å². The Balaban J connectivity index is 1.75. The molecule has 1 saturated heterocycles. The molecule has 0 radical (unpaired) electrons. The van der Waals surface area contributed by atoms with E-state index in [1.54, 1.807) is 19.4 Å². The van der Waals surface area contributed by atoms with Gasteiger partial charge in [-0.25, -0.2) is 0 Å². The van der Waals surface area contributed by atoms with Gasteiger partial charge in [0.1, 0.15) is 5.69 Å². The molecule has 1 N–H and O–H groups in total. The summed E-state index contributed by atoms with van der Waals surface area (Å²) >= 11 is 0. The van der Waals surface area contributed by atoms with E-state index in [0.717, 1.165) is 12.8 Å². The Morgan fingerprint density at radius 3 is 2.83 bits per heavy atom. The van der Waals surface area contributed by atoms with Crippen molar-refractivity contribution in [2.45, 2.75) is 25.0 Å². The minimum atomic E-state index is -0.0220. The number of benzene rings is 1. The lowest BCUT2D eigenvalue weighted by Crippen LogP contribution is -2.42. The third-order valence-corrected chi connectivity index (χ3v) is 4.38. The number of likely N-dealkylation sites (tertiary alicyclic amines) is 1. The van der Waals surface area contributed by atoms with Gasteiger partial charge in [0, 0.05) is 19.9 Å². The predicted octanol–water partition coefficient (Wildman–Crippen LogP) is 1.90. The van der Waals surface area contributed by atoms with Crippen LogP contribution in [0, 0.1) is 0 Å². The Bertz CT molecular complexity index is 630. The third kappa shape index (κ3) is 3.83. The SMILES string of the molecule is COCCO[C@H]1CCN(C(=O)c2ccn[nH]2)[C@H]1Cc1ccccc1. The van der Waals surface area contributed by atoms with Crippen molar-refractivity contribution in [2.75, 3.05) is 26.9 Å². The normalized spacial score (nSPS) is 20.5. The lowest BCUT2D eigenvalue weighted by atomic mass is 10.0. The minimum absolute atomic E-state index is 0.0139. The molecule has 1 aliphatic heterocycles. The number of aromatic nitrogens is 2. The highest BCUT2D eigenvalue weighted by molar-refractivity contribution is 5.92. The first-order chi connectivity index (χ1) is 11.8. The summed E-state index contributed by atoms with van der Waals surface area (Å²) in [6.07, 6.45) is 3.23. The van der Waals surface area contributed by atoms with E-state index in [4.69, 9.17) is 9.47 Å². The van der Waals surface area contributed by atoms with Crippen LogP contribution in [-0.2, 0) is 15.9 Å². The van der Waals surface area contributed by atoms with Crippen LogP contribution in [0.5, 0.6) is 0 Å². The van der Waals surface area contributed by atoms with Crippen molar-refractivity contribution in [2.24, 2.45) is 0 Å². The fourth-order valence-electron chi connectivity index (χ4n) is 3.18. The first-order valence-corrected chi connectivity index (χ1v) is 8.24. The number of methoxy groups -OCH3 is 1. The largest absolute Gasteiger partial charge is 0.382 e. The first kappa shape index (κ1) is 16.7. The van der Waals surface area contributed by atoms with E-state index >= 15 is 0 Å². The van der Waals surface area contributed by atoms with E-state index in [1.165, 1.54) is 5.56 Å². The van der Waals surface area contributed by atoms with Crippen molar-refractivity contribution >= 4 is 5.91 Å². The van der Waals surface area contributed by atoms with Gasteiger partial charge < -0.3 is 14.4 Å². The standard InChI is InChI=1S/C18H23N3O3/c1-23-11-12-24-17-8-10-21(18(22)15-7-9-19-20-15)16(17)13-14-5-3-2-4-6-14/h2-7,9,16-17H,8,10-13H2,1H3,(H,19,20)/t16-,17-/m0/s1. The predicted molar refractivity (Wildman–Crippen MR) is 89.8 cm³/mol. The van der Waals surface area contributed by atoms with Gasteiger partial charge in [0.2, 0.25) is 0 Å². The average Bonchev–Trinajstić information content (AvgIpc) is 3.26. The Labute approximate surface area is 141 Å². The van der Waals surface area contributed by atoms with Gasteiger partial charge in [0.15, 0.2) is 0 Å². The van der Waals surface area contributed by atoms with Gasteiger partial charge in [-0.15, -0.1) is 0 Å². The molecule has 1 aliphatic rings. The molecule has 0 bridgehead atoms. The summed E-state index contributed by atoms with van der Waals surface area (Å²) in [7, 11) is 1.66. The molecule has 2 atom stereocenters. The van der Waals surface area contributed by atoms with Gasteiger partial charge >= 0.3 is 0 Å². The van der Waals surface area contributed by atoms with Crippen LogP contribution in [0.3, 0.4) is 0 Å². The number of carbonyl (C=O) groups is 1. The molecule has 0 aliphatic carbocycles. The molecule has 0 unspecified atom stereocenters. The highest BCUT2D eigenvalue weighted by atomic mass is 16.5. The fraction of sp³-hybridized carbons (Fsp3) is 0.444. The van der Waals surface area contributed by atoms with Crippen LogP contribution in [-0.4, -0.2) is 60.0 Å². The van der Waals surface area contributed by atoms with E-state index in [2.05, 4.69) is 22.3 Å². The summed E-state index contributed by atoms with van der Waals surface area (Å²) in [5, 5.41) is 6.65. The number of nitrogens with one attached hydrogen (secondary N) is 1. The van der Waals surface area contributed by atoms with Gasteiger partial charge in [-0.1, -0.05) is 30.3 Å². The van der Waals surface area contributed by atoms with Crippen molar-refractivity contribution in [3.8, 4) is 0 Å². The van der Waals surface area contributed by atoms with Gasteiger partial charge in [0.05, 0.1) is 25.4 Å². The van der Waals surface area contributed by atoms with Crippen LogP contribution in [0.4, 0.5) is 0 Å². The molecule has 24 heavy (non-hydrogen) atoms. The zero-order valence-electron chi connectivity index (χ0n) is 13.9. The zero-order valence-corrected chi connectivity index (χ0v) is 13.9. The minimum Gasteiger partial charge on any atom is -0.382 e. The maximum Gasteiger partial charge on any atom is 0.272 e. The van der Waals surface area contributed by atoms with Crippen molar-refractivity contribution in [1.29, 1.82) is 0 Å². The molecular formula is C18H23N3O3. The maximum atomic E-state index is 12.8. The highest BCUT2D eigenvalue weighted by Gasteiger charge is 2.38. The number of hydrogen-bond donors (Lipinski definition) is 1. The second-order valence-corrected chi connectivity index (χ2v) is 5.92. The van der Waals surface area contributed by atoms with E-state index in [-0.39, 0.29) is 18.1 Å². The smallest absolute Gasteiger partial charge is 0.272 e. The molecule has 6 heteroatoms. The van der Waals surface area contributed by atoms with Crippen LogP contribution in [0.15, 0.2) is 42.6 Å². The molecule has 128 valence electrons. The lowest BCUT2D eigenvalue weighted by Gasteiger charge is -2.28. The molecule has 1 aromatic heterocycles. The lowest BCUT2D eigenvalue weighted by molar-refractivity contribution is 0.000419. The molecule has 1 amide bonds. The summed E-state index contributed by atoms with van der Waals surface area (Å²) in [6.45, 7) is 1.79. The Hall–Kier alpha value is -2.18. The third-order valence-electron chi connectivity index (χ3n) is 4.38. The molecule has 6 nitrogen and oxygen atoms in total. The summed E-state index contributed by atoms with van der Waals surface area (Å²) in [6, 6.07) is 11.9. The Kier molecular flexibility index (Phi) is 5.61. The van der Waals surface area contributed by atoms with Crippen molar-refractivity contribution in [1.82, 2.24) is 15.1 Å². The number of nitrogens with zero attached hydrogens (tertiary/aromatic N) is 2. The van der Waals surface area contributed by atoms with E-state index in [1.807, 2.05) is 23.1 Å². The number of hydrogen-bond acceptors (Lipinski definition) is 4. The maximum absolute atomic E-state index is 12.8. The van der Waals surface area contributed by atoms with Crippen molar-refractivity contribution < 1.29 is 14.3 Å².